The number of nitrogens with zero attached hydrogens (tertiary/aromatic N) is 2. The van der Waals surface area contributed by atoms with E-state index < -0.39 is 17.7 Å². The first-order valence-electron chi connectivity index (χ1n) is 12.1. The van der Waals surface area contributed by atoms with E-state index in [1.165, 1.54) is 5.56 Å². The summed E-state index contributed by atoms with van der Waals surface area (Å²) in [6, 6.07) is 17.0. The third-order valence-corrected chi connectivity index (χ3v) is 7.32. The zero-order chi connectivity index (χ0) is 24.1. The SMILES string of the molecule is CC[C@](F)(c1ccccc1)N1CC[C@@H](CCCc2ccnc3ccc(OC)cc23)[C@@H](C(=O)O)C1. The van der Waals surface area contributed by atoms with E-state index in [4.69, 9.17) is 4.74 Å². The van der Waals surface area contributed by atoms with Gasteiger partial charge in [0.1, 0.15) is 5.75 Å². The predicted octanol–water partition coefficient (Wildman–Crippen LogP) is 5.82. The second kappa shape index (κ2) is 10.5. The Hall–Kier alpha value is -2.99. The van der Waals surface area contributed by atoms with E-state index in [2.05, 4.69) is 4.98 Å². The zero-order valence-corrected chi connectivity index (χ0v) is 19.9. The number of pyridine rings is 1. The normalized spacial score (nSPS) is 20.7. The Bertz CT molecular complexity index is 1120. The number of aliphatic carboxylic acids is 1. The highest BCUT2D eigenvalue weighted by atomic mass is 19.1. The minimum atomic E-state index is -1.64. The summed E-state index contributed by atoms with van der Waals surface area (Å²) in [5.41, 5.74) is 2.71. The van der Waals surface area contributed by atoms with Gasteiger partial charge in [0.25, 0.3) is 0 Å². The zero-order valence-electron chi connectivity index (χ0n) is 19.9. The molecular formula is C28H33FN2O3. The lowest BCUT2D eigenvalue weighted by molar-refractivity contribution is -0.151. The van der Waals surface area contributed by atoms with Crippen LogP contribution in [0.5, 0.6) is 5.75 Å². The number of fused-ring (bicyclic) bond motifs is 1. The molecule has 3 atom stereocenters. The van der Waals surface area contributed by atoms with Gasteiger partial charge in [-0.15, -0.1) is 0 Å². The van der Waals surface area contributed by atoms with Gasteiger partial charge in [0.2, 0.25) is 0 Å². The molecule has 4 rings (SSSR count). The van der Waals surface area contributed by atoms with Gasteiger partial charge in [-0.3, -0.25) is 14.7 Å². The van der Waals surface area contributed by atoms with E-state index in [1.54, 1.807) is 24.1 Å². The number of carboxylic acids is 1. The number of hydrogen-bond donors (Lipinski definition) is 1. The van der Waals surface area contributed by atoms with Crippen molar-refractivity contribution < 1.29 is 19.0 Å². The lowest BCUT2D eigenvalue weighted by Gasteiger charge is -2.44. The number of hydrogen-bond acceptors (Lipinski definition) is 4. The number of methoxy groups -OCH3 is 1. The fourth-order valence-corrected chi connectivity index (χ4v) is 5.33. The molecule has 0 spiro atoms. The molecule has 0 unspecified atom stereocenters. The van der Waals surface area contributed by atoms with Crippen LogP contribution >= 0.6 is 0 Å². The van der Waals surface area contributed by atoms with Crippen molar-refractivity contribution in [3.63, 3.8) is 0 Å². The van der Waals surface area contributed by atoms with E-state index in [9.17, 15) is 9.90 Å². The molecule has 6 heteroatoms. The molecule has 2 aromatic carbocycles. The molecule has 0 saturated carbocycles. The summed E-state index contributed by atoms with van der Waals surface area (Å²) in [6.45, 7) is 2.61. The highest BCUT2D eigenvalue weighted by molar-refractivity contribution is 5.83. The van der Waals surface area contributed by atoms with Gasteiger partial charge in [0.15, 0.2) is 5.79 Å². The van der Waals surface area contributed by atoms with Crippen molar-refractivity contribution in [2.24, 2.45) is 11.8 Å². The molecule has 34 heavy (non-hydrogen) atoms. The Morgan fingerprint density at radius 1 is 1.24 bits per heavy atom. The van der Waals surface area contributed by atoms with Crippen LogP contribution < -0.4 is 4.74 Å². The fraction of sp³-hybridized carbons (Fsp3) is 0.429. The van der Waals surface area contributed by atoms with Gasteiger partial charge in [0.05, 0.1) is 18.5 Å². The van der Waals surface area contributed by atoms with E-state index in [1.807, 2.05) is 55.6 Å². The second-order valence-electron chi connectivity index (χ2n) is 9.16. The highest BCUT2D eigenvalue weighted by Crippen LogP contribution is 2.39. The Morgan fingerprint density at radius 2 is 2.03 bits per heavy atom. The van der Waals surface area contributed by atoms with Gasteiger partial charge < -0.3 is 9.84 Å². The van der Waals surface area contributed by atoms with Crippen molar-refractivity contribution in [2.75, 3.05) is 20.2 Å². The molecule has 1 N–H and O–H groups in total. The molecular weight excluding hydrogens is 431 g/mol. The topological polar surface area (TPSA) is 62.7 Å². The number of benzene rings is 2. The van der Waals surface area contributed by atoms with E-state index >= 15 is 4.39 Å². The molecule has 0 bridgehead atoms. The van der Waals surface area contributed by atoms with Crippen molar-refractivity contribution in [1.82, 2.24) is 9.88 Å². The van der Waals surface area contributed by atoms with Crippen LogP contribution in [0.25, 0.3) is 10.9 Å². The lowest BCUT2D eigenvalue weighted by atomic mass is 9.80. The molecule has 2 heterocycles. The average molecular weight is 465 g/mol. The number of likely N-dealkylation sites (tertiary alicyclic amines) is 1. The maximum atomic E-state index is 16.1. The van der Waals surface area contributed by atoms with Crippen LogP contribution in [0.2, 0.25) is 0 Å². The average Bonchev–Trinajstić information content (AvgIpc) is 2.88. The Morgan fingerprint density at radius 3 is 2.74 bits per heavy atom. The van der Waals surface area contributed by atoms with Crippen LogP contribution in [-0.2, 0) is 17.0 Å². The van der Waals surface area contributed by atoms with Gasteiger partial charge >= 0.3 is 5.97 Å². The summed E-state index contributed by atoms with van der Waals surface area (Å²) in [5, 5.41) is 11.0. The number of carboxylic acid groups (broad SMARTS) is 1. The second-order valence-corrected chi connectivity index (χ2v) is 9.16. The third-order valence-electron chi connectivity index (χ3n) is 7.32. The number of rotatable bonds is 9. The third kappa shape index (κ3) is 4.92. The Kier molecular flexibility index (Phi) is 7.47. The number of carbonyl (C=O) groups is 1. The standard InChI is InChI=1S/C28H33FN2O3/c1-3-28(29,22-10-5-4-6-11-22)31-17-15-21(25(19-31)27(32)33)9-7-8-20-14-16-30-26-13-12-23(34-2)18-24(20)26/h4-6,10-14,16,18,21,25H,3,7-9,15,17,19H2,1-2H3,(H,32,33)/t21-,25+,28-/m1/s1. The first kappa shape index (κ1) is 24.1. The van der Waals surface area contributed by atoms with Crippen LogP contribution in [-0.4, -0.2) is 41.2 Å². The summed E-state index contributed by atoms with van der Waals surface area (Å²) in [5.74, 6) is -2.22. The molecule has 1 fully saturated rings. The predicted molar refractivity (Wildman–Crippen MR) is 132 cm³/mol. The van der Waals surface area contributed by atoms with Crippen LogP contribution in [0.15, 0.2) is 60.8 Å². The molecule has 0 radical (unpaired) electrons. The fourth-order valence-electron chi connectivity index (χ4n) is 5.33. The number of aryl methyl sites for hydroxylation is 1. The minimum Gasteiger partial charge on any atom is -0.497 e. The van der Waals surface area contributed by atoms with Crippen molar-refractivity contribution in [1.29, 1.82) is 0 Å². The maximum Gasteiger partial charge on any atom is 0.308 e. The maximum absolute atomic E-state index is 16.1. The quantitative estimate of drug-likeness (QED) is 0.404. The van der Waals surface area contributed by atoms with Gasteiger partial charge in [-0.2, -0.15) is 0 Å². The Balaban J connectivity index is 1.44. The number of aromatic nitrogens is 1. The monoisotopic (exact) mass is 464 g/mol. The van der Waals surface area contributed by atoms with E-state index in [-0.39, 0.29) is 18.9 Å². The summed E-state index contributed by atoms with van der Waals surface area (Å²) in [6.07, 6.45) is 5.29. The number of halogens is 1. The van der Waals surface area contributed by atoms with Crippen LogP contribution in [0, 0.1) is 11.8 Å². The molecule has 0 aliphatic carbocycles. The van der Waals surface area contributed by atoms with Gasteiger partial charge in [-0.05, 0) is 67.9 Å². The van der Waals surface area contributed by atoms with Gasteiger partial charge in [-0.1, -0.05) is 37.3 Å². The van der Waals surface area contributed by atoms with Crippen LogP contribution in [0.1, 0.15) is 43.7 Å². The molecule has 3 aromatic rings. The van der Waals surface area contributed by atoms with Crippen LogP contribution in [0.3, 0.4) is 0 Å². The molecule has 5 nitrogen and oxygen atoms in total. The Labute approximate surface area is 200 Å². The summed E-state index contributed by atoms with van der Waals surface area (Å²) < 4.78 is 21.5. The molecule has 1 aliphatic rings. The molecule has 1 aromatic heterocycles. The summed E-state index contributed by atoms with van der Waals surface area (Å²) in [7, 11) is 1.65. The van der Waals surface area contributed by atoms with Crippen molar-refractivity contribution >= 4 is 16.9 Å². The molecule has 0 amide bonds. The molecule has 1 aliphatic heterocycles. The number of alkyl halides is 1. The summed E-state index contributed by atoms with van der Waals surface area (Å²) >= 11 is 0. The lowest BCUT2D eigenvalue weighted by Crippen LogP contribution is -2.52. The van der Waals surface area contributed by atoms with Crippen molar-refractivity contribution in [2.45, 2.75) is 44.8 Å². The number of piperidine rings is 1. The smallest absolute Gasteiger partial charge is 0.308 e. The van der Waals surface area contributed by atoms with Gasteiger partial charge in [0, 0.05) is 30.2 Å². The first-order valence-corrected chi connectivity index (χ1v) is 12.1. The summed E-state index contributed by atoms with van der Waals surface area (Å²) in [4.78, 5) is 18.3. The number of ether oxygens (including phenoxy) is 1. The highest BCUT2D eigenvalue weighted by Gasteiger charge is 2.43. The van der Waals surface area contributed by atoms with E-state index in [0.717, 1.165) is 35.9 Å². The first-order chi connectivity index (χ1) is 16.5. The minimum absolute atomic E-state index is 0.0354. The van der Waals surface area contributed by atoms with E-state index in [0.29, 0.717) is 18.5 Å². The van der Waals surface area contributed by atoms with Crippen molar-refractivity contribution in [3.05, 3.63) is 71.9 Å². The molecule has 180 valence electrons. The van der Waals surface area contributed by atoms with Crippen molar-refractivity contribution in [3.8, 4) is 5.75 Å². The van der Waals surface area contributed by atoms with Crippen LogP contribution in [0.4, 0.5) is 4.39 Å². The van der Waals surface area contributed by atoms with Gasteiger partial charge in [-0.25, -0.2) is 4.39 Å². The molecule has 1 saturated heterocycles. The largest absolute Gasteiger partial charge is 0.497 e.